The minimum Gasteiger partial charge on any atom is -0.276 e. The molecule has 0 N–H and O–H groups in total. The standard InChI is InChI=1S/C8H5BrClIO/c1-4-2-6(9)7(11)3-5(4)8(10)12/h2-3H,1H3. The lowest BCUT2D eigenvalue weighted by Gasteiger charge is -2.02. The Kier molecular flexibility index (Phi) is 3.55. The molecule has 0 aromatic heterocycles. The first-order chi connectivity index (χ1) is 5.52. The van der Waals surface area contributed by atoms with Gasteiger partial charge in [0, 0.05) is 13.6 Å². The Morgan fingerprint density at radius 3 is 2.67 bits per heavy atom. The number of carbonyl (C=O) groups is 1. The molecule has 12 heavy (non-hydrogen) atoms. The van der Waals surface area contributed by atoms with Crippen LogP contribution in [0.5, 0.6) is 0 Å². The van der Waals surface area contributed by atoms with E-state index in [1.165, 1.54) is 0 Å². The largest absolute Gasteiger partial charge is 0.276 e. The lowest BCUT2D eigenvalue weighted by atomic mass is 10.1. The van der Waals surface area contributed by atoms with Gasteiger partial charge in [0.15, 0.2) is 0 Å². The minimum absolute atomic E-state index is 0.405. The van der Waals surface area contributed by atoms with E-state index in [0.29, 0.717) is 5.56 Å². The Bertz CT molecular complexity index is 338. The fourth-order valence-corrected chi connectivity index (χ4v) is 1.99. The molecule has 64 valence electrons. The summed E-state index contributed by atoms with van der Waals surface area (Å²) in [7, 11) is 0. The molecular weight excluding hydrogens is 354 g/mol. The fraction of sp³-hybridized carbons (Fsp3) is 0.125. The summed E-state index contributed by atoms with van der Waals surface area (Å²) < 4.78 is 1.98. The molecule has 0 radical (unpaired) electrons. The van der Waals surface area contributed by atoms with E-state index < -0.39 is 5.24 Å². The van der Waals surface area contributed by atoms with Crippen LogP contribution in [0.25, 0.3) is 0 Å². The highest BCUT2D eigenvalue weighted by Gasteiger charge is 2.08. The molecule has 1 nitrogen and oxygen atoms in total. The van der Waals surface area contributed by atoms with Crippen molar-refractivity contribution >= 4 is 55.4 Å². The van der Waals surface area contributed by atoms with E-state index in [1.807, 2.05) is 13.0 Å². The lowest BCUT2D eigenvalue weighted by molar-refractivity contribution is 0.108. The Hall–Kier alpha value is 0.390. The average Bonchev–Trinajstić information content (AvgIpc) is 1.96. The van der Waals surface area contributed by atoms with Crippen molar-refractivity contribution < 1.29 is 4.79 Å². The number of rotatable bonds is 1. The molecule has 0 amide bonds. The number of aryl methyl sites for hydroxylation is 1. The molecule has 0 bridgehead atoms. The van der Waals surface area contributed by atoms with Gasteiger partial charge in [-0.25, -0.2) is 0 Å². The van der Waals surface area contributed by atoms with Gasteiger partial charge in [0.2, 0.25) is 0 Å². The lowest BCUT2D eigenvalue weighted by Crippen LogP contribution is -1.94. The van der Waals surface area contributed by atoms with Crippen molar-refractivity contribution in [3.63, 3.8) is 0 Å². The number of carbonyl (C=O) groups excluding carboxylic acids is 1. The third-order valence-corrected chi connectivity index (χ3v) is 3.97. The van der Waals surface area contributed by atoms with Gasteiger partial charge < -0.3 is 0 Å². The van der Waals surface area contributed by atoms with Crippen LogP contribution in [-0.2, 0) is 0 Å². The first-order valence-corrected chi connectivity index (χ1v) is 5.43. The van der Waals surface area contributed by atoms with E-state index in [2.05, 4.69) is 38.5 Å². The zero-order chi connectivity index (χ0) is 9.30. The van der Waals surface area contributed by atoms with E-state index in [9.17, 15) is 4.79 Å². The van der Waals surface area contributed by atoms with E-state index in [0.717, 1.165) is 13.6 Å². The molecule has 0 aliphatic carbocycles. The second-order valence-electron chi connectivity index (χ2n) is 2.35. The van der Waals surface area contributed by atoms with E-state index in [4.69, 9.17) is 11.6 Å². The van der Waals surface area contributed by atoms with Crippen LogP contribution in [0.2, 0.25) is 0 Å². The summed E-state index contributed by atoms with van der Waals surface area (Å²) in [5.74, 6) is 0. The van der Waals surface area contributed by atoms with Crippen LogP contribution in [0.3, 0.4) is 0 Å². The second kappa shape index (κ2) is 4.07. The smallest absolute Gasteiger partial charge is 0.252 e. The molecule has 0 saturated carbocycles. The zero-order valence-electron chi connectivity index (χ0n) is 6.20. The number of halogens is 3. The number of benzene rings is 1. The third kappa shape index (κ3) is 2.20. The highest BCUT2D eigenvalue weighted by molar-refractivity contribution is 14.1. The molecular formula is C8H5BrClIO. The number of hydrogen-bond donors (Lipinski definition) is 0. The highest BCUT2D eigenvalue weighted by atomic mass is 127. The summed E-state index contributed by atoms with van der Waals surface area (Å²) in [6.45, 7) is 1.86. The maximum atomic E-state index is 10.9. The summed E-state index contributed by atoms with van der Waals surface area (Å²) >= 11 is 10.9. The summed E-state index contributed by atoms with van der Waals surface area (Å²) in [5.41, 5.74) is 1.46. The molecule has 0 heterocycles. The van der Waals surface area contributed by atoms with Crippen molar-refractivity contribution in [2.75, 3.05) is 0 Å². The molecule has 0 spiro atoms. The van der Waals surface area contributed by atoms with E-state index in [-0.39, 0.29) is 0 Å². The number of hydrogen-bond acceptors (Lipinski definition) is 1. The Balaban J connectivity index is 3.33. The summed E-state index contributed by atoms with van der Waals surface area (Å²) in [6.07, 6.45) is 0. The maximum absolute atomic E-state index is 10.9. The topological polar surface area (TPSA) is 17.1 Å². The molecule has 0 fully saturated rings. The molecule has 1 aromatic rings. The maximum Gasteiger partial charge on any atom is 0.252 e. The molecule has 0 atom stereocenters. The molecule has 1 aromatic carbocycles. The first kappa shape index (κ1) is 10.5. The van der Waals surface area contributed by atoms with Gasteiger partial charge in [-0.2, -0.15) is 0 Å². The van der Waals surface area contributed by atoms with Gasteiger partial charge >= 0.3 is 0 Å². The molecule has 0 saturated heterocycles. The second-order valence-corrected chi connectivity index (χ2v) is 4.71. The van der Waals surface area contributed by atoms with Crippen LogP contribution in [0.4, 0.5) is 0 Å². The summed E-state index contributed by atoms with van der Waals surface area (Å²) in [6, 6.07) is 3.66. The van der Waals surface area contributed by atoms with Gasteiger partial charge in [0.25, 0.3) is 5.24 Å². The van der Waals surface area contributed by atoms with Crippen LogP contribution < -0.4 is 0 Å². The third-order valence-electron chi connectivity index (χ3n) is 1.48. The molecule has 0 aliphatic rings. The van der Waals surface area contributed by atoms with Gasteiger partial charge in [0.05, 0.1) is 0 Å². The molecule has 1 rings (SSSR count). The van der Waals surface area contributed by atoms with Crippen LogP contribution in [0, 0.1) is 10.5 Å². The zero-order valence-corrected chi connectivity index (χ0v) is 10.7. The van der Waals surface area contributed by atoms with Gasteiger partial charge in [-0.3, -0.25) is 4.79 Å². The van der Waals surface area contributed by atoms with Gasteiger partial charge in [-0.05, 0) is 74.7 Å². The van der Waals surface area contributed by atoms with E-state index >= 15 is 0 Å². The average molecular weight is 359 g/mol. The minimum atomic E-state index is -0.405. The van der Waals surface area contributed by atoms with Crippen LogP contribution >= 0.6 is 50.1 Å². The predicted octanol–water partition coefficient (Wildman–Crippen LogP) is 3.74. The van der Waals surface area contributed by atoms with Gasteiger partial charge in [0.1, 0.15) is 0 Å². The SMILES string of the molecule is Cc1cc(Br)c(I)cc1C(=O)Cl. The fourth-order valence-electron chi connectivity index (χ4n) is 0.858. The molecule has 0 aliphatic heterocycles. The van der Waals surface area contributed by atoms with Crippen molar-refractivity contribution in [3.8, 4) is 0 Å². The van der Waals surface area contributed by atoms with Gasteiger partial charge in [-0.1, -0.05) is 0 Å². The summed E-state index contributed by atoms with van der Waals surface area (Å²) in [4.78, 5) is 10.9. The monoisotopic (exact) mass is 358 g/mol. The molecule has 4 heteroatoms. The van der Waals surface area contributed by atoms with E-state index in [1.54, 1.807) is 6.07 Å². The quantitative estimate of drug-likeness (QED) is 0.551. The molecule has 0 unspecified atom stereocenters. The highest BCUT2D eigenvalue weighted by Crippen LogP contribution is 2.24. The van der Waals surface area contributed by atoms with Crippen molar-refractivity contribution in [1.82, 2.24) is 0 Å². The normalized spacial score (nSPS) is 10.0. The Morgan fingerprint density at radius 1 is 1.58 bits per heavy atom. The van der Waals surface area contributed by atoms with Crippen molar-refractivity contribution in [1.29, 1.82) is 0 Å². The van der Waals surface area contributed by atoms with Crippen LogP contribution in [0.15, 0.2) is 16.6 Å². The first-order valence-electron chi connectivity index (χ1n) is 3.18. The Morgan fingerprint density at radius 2 is 2.17 bits per heavy atom. The predicted molar refractivity (Wildman–Crippen MR) is 61.8 cm³/mol. The van der Waals surface area contributed by atoms with Crippen molar-refractivity contribution in [3.05, 3.63) is 31.3 Å². The van der Waals surface area contributed by atoms with Crippen molar-refractivity contribution in [2.24, 2.45) is 0 Å². The van der Waals surface area contributed by atoms with Crippen LogP contribution in [0.1, 0.15) is 15.9 Å². The Labute approximate surface area is 97.8 Å². The van der Waals surface area contributed by atoms with Crippen LogP contribution in [-0.4, -0.2) is 5.24 Å². The van der Waals surface area contributed by atoms with Crippen molar-refractivity contribution in [2.45, 2.75) is 6.92 Å². The summed E-state index contributed by atoms with van der Waals surface area (Å²) in [5, 5.41) is -0.405. The van der Waals surface area contributed by atoms with Gasteiger partial charge in [-0.15, -0.1) is 0 Å².